The molecule has 3 unspecified atom stereocenters. The van der Waals surface area contributed by atoms with E-state index in [-0.39, 0.29) is 5.92 Å². The number of hydrogen-bond donors (Lipinski definition) is 2. The average molecular weight is 332 g/mol. The van der Waals surface area contributed by atoms with E-state index in [4.69, 9.17) is 0 Å². The number of carboxylic acids is 1. The number of rotatable bonds is 5. The van der Waals surface area contributed by atoms with Gasteiger partial charge in [0.1, 0.15) is 0 Å². The van der Waals surface area contributed by atoms with Crippen LogP contribution in [-0.4, -0.2) is 58.5 Å². The molecule has 5 nitrogen and oxygen atoms in total. The minimum Gasteiger partial charge on any atom is -0.481 e. The van der Waals surface area contributed by atoms with Crippen molar-refractivity contribution >= 4 is 5.97 Å². The third-order valence-electron chi connectivity index (χ3n) is 5.48. The van der Waals surface area contributed by atoms with Crippen molar-refractivity contribution in [3.8, 4) is 0 Å². The van der Waals surface area contributed by atoms with Gasteiger partial charge in [0, 0.05) is 26.2 Å². The number of nitrogens with zero attached hydrogens (tertiary/aromatic N) is 2. The minimum absolute atomic E-state index is 0.156. The number of carbonyl (C=O) groups is 1. The summed E-state index contributed by atoms with van der Waals surface area (Å²) >= 11 is 0. The molecule has 2 fully saturated rings. The smallest absolute Gasteiger partial charge is 0.307 e. The number of aliphatic carboxylic acids is 1. The molecule has 2 N–H and O–H groups in total. The van der Waals surface area contributed by atoms with Gasteiger partial charge in [-0.2, -0.15) is 0 Å². The SMILES string of the molecule is CCc1ccc(C2CC(C(=O)O)CN(C(O)N3CCCC3)C2)cc1. The predicted molar refractivity (Wildman–Crippen MR) is 92.7 cm³/mol. The fraction of sp³-hybridized carbons (Fsp3) is 0.632. The molecule has 0 aromatic heterocycles. The van der Waals surface area contributed by atoms with Gasteiger partial charge >= 0.3 is 5.97 Å². The van der Waals surface area contributed by atoms with Crippen LogP contribution in [0.15, 0.2) is 24.3 Å². The van der Waals surface area contributed by atoms with Gasteiger partial charge < -0.3 is 10.2 Å². The number of aliphatic hydroxyl groups excluding tert-OH is 1. The van der Waals surface area contributed by atoms with Crippen LogP contribution in [0, 0.1) is 5.92 Å². The molecule has 2 aliphatic heterocycles. The molecule has 0 amide bonds. The maximum absolute atomic E-state index is 11.6. The minimum atomic E-state index is -0.761. The molecule has 0 aliphatic carbocycles. The van der Waals surface area contributed by atoms with Crippen LogP contribution >= 0.6 is 0 Å². The second kappa shape index (κ2) is 7.64. The van der Waals surface area contributed by atoms with Gasteiger partial charge in [-0.25, -0.2) is 0 Å². The summed E-state index contributed by atoms with van der Waals surface area (Å²) in [6.07, 6.45) is 3.20. The van der Waals surface area contributed by atoms with E-state index < -0.39 is 18.2 Å². The molecule has 2 saturated heterocycles. The first-order valence-electron chi connectivity index (χ1n) is 9.06. The Labute approximate surface area is 143 Å². The number of aryl methyl sites for hydroxylation is 1. The first-order valence-corrected chi connectivity index (χ1v) is 9.06. The maximum atomic E-state index is 11.6. The number of benzene rings is 1. The maximum Gasteiger partial charge on any atom is 0.307 e. The molecule has 2 heterocycles. The topological polar surface area (TPSA) is 64.0 Å². The Morgan fingerprint density at radius 3 is 2.42 bits per heavy atom. The van der Waals surface area contributed by atoms with Crippen molar-refractivity contribution < 1.29 is 15.0 Å². The summed E-state index contributed by atoms with van der Waals surface area (Å²) in [5.41, 5.74) is 2.47. The molecule has 3 atom stereocenters. The predicted octanol–water partition coefficient (Wildman–Crippen LogP) is 2.11. The van der Waals surface area contributed by atoms with Gasteiger partial charge in [-0.3, -0.25) is 14.6 Å². The Kier molecular flexibility index (Phi) is 5.54. The first-order chi connectivity index (χ1) is 11.6. The van der Waals surface area contributed by atoms with E-state index >= 15 is 0 Å². The van der Waals surface area contributed by atoms with Crippen LogP contribution in [0.4, 0.5) is 0 Å². The van der Waals surface area contributed by atoms with E-state index in [0.29, 0.717) is 19.5 Å². The Morgan fingerprint density at radius 2 is 1.83 bits per heavy atom. The van der Waals surface area contributed by atoms with Crippen LogP contribution in [0.2, 0.25) is 0 Å². The van der Waals surface area contributed by atoms with Crippen LogP contribution in [-0.2, 0) is 11.2 Å². The zero-order valence-electron chi connectivity index (χ0n) is 14.4. The van der Waals surface area contributed by atoms with E-state index in [1.807, 2.05) is 4.90 Å². The fourth-order valence-corrected chi connectivity index (χ4v) is 3.97. The number of aliphatic hydroxyl groups is 1. The lowest BCUT2D eigenvalue weighted by Gasteiger charge is -2.41. The molecule has 5 heteroatoms. The summed E-state index contributed by atoms with van der Waals surface area (Å²) in [6.45, 7) is 5.06. The van der Waals surface area contributed by atoms with Gasteiger partial charge in [0.25, 0.3) is 0 Å². The molecular formula is C19H28N2O3. The lowest BCUT2D eigenvalue weighted by atomic mass is 9.84. The number of likely N-dealkylation sites (tertiary alicyclic amines) is 2. The summed E-state index contributed by atoms with van der Waals surface area (Å²) in [7, 11) is 0. The Balaban J connectivity index is 1.76. The van der Waals surface area contributed by atoms with Gasteiger partial charge in [0.15, 0.2) is 6.35 Å². The second-order valence-corrected chi connectivity index (χ2v) is 7.11. The standard InChI is InChI=1S/C19H28N2O3/c1-2-14-5-7-15(8-6-14)16-11-17(18(22)23)13-21(12-16)19(24)20-9-3-4-10-20/h5-8,16-17,19,24H,2-4,9-13H2,1H3,(H,22,23). The van der Waals surface area contributed by atoms with Crippen molar-refractivity contribution in [3.63, 3.8) is 0 Å². The monoisotopic (exact) mass is 332 g/mol. The van der Waals surface area contributed by atoms with Crippen LogP contribution in [0.1, 0.15) is 43.2 Å². The van der Waals surface area contributed by atoms with Crippen molar-refractivity contribution in [3.05, 3.63) is 35.4 Å². The third kappa shape index (κ3) is 3.79. The summed E-state index contributed by atoms with van der Waals surface area (Å²) in [4.78, 5) is 15.6. The van der Waals surface area contributed by atoms with Crippen LogP contribution in [0.3, 0.4) is 0 Å². The molecule has 0 saturated carbocycles. The summed E-state index contributed by atoms with van der Waals surface area (Å²) < 4.78 is 0. The third-order valence-corrected chi connectivity index (χ3v) is 5.48. The normalized spacial score (nSPS) is 27.2. The number of hydrogen-bond acceptors (Lipinski definition) is 4. The molecule has 24 heavy (non-hydrogen) atoms. The Bertz CT molecular complexity index is 554. The summed E-state index contributed by atoms with van der Waals surface area (Å²) in [5, 5.41) is 20.2. The molecule has 0 spiro atoms. The van der Waals surface area contributed by atoms with Crippen molar-refractivity contribution in [1.29, 1.82) is 0 Å². The highest BCUT2D eigenvalue weighted by Gasteiger charge is 2.37. The molecular weight excluding hydrogens is 304 g/mol. The molecule has 1 aromatic rings. The van der Waals surface area contributed by atoms with Crippen LogP contribution < -0.4 is 0 Å². The lowest BCUT2D eigenvalue weighted by Crippen LogP contribution is -2.53. The molecule has 2 aliphatic rings. The van der Waals surface area contributed by atoms with Crippen LogP contribution in [0.25, 0.3) is 0 Å². The van der Waals surface area contributed by atoms with Gasteiger partial charge in [0.05, 0.1) is 5.92 Å². The average Bonchev–Trinajstić information content (AvgIpc) is 3.15. The Hall–Kier alpha value is -1.43. The molecule has 132 valence electrons. The summed E-state index contributed by atoms with van der Waals surface area (Å²) in [5.74, 6) is -1.03. The molecule has 0 radical (unpaired) electrons. The van der Waals surface area contributed by atoms with Crippen LogP contribution in [0.5, 0.6) is 0 Å². The van der Waals surface area contributed by atoms with Gasteiger partial charge in [0.2, 0.25) is 0 Å². The van der Waals surface area contributed by atoms with Gasteiger partial charge in [-0.1, -0.05) is 31.2 Å². The van der Waals surface area contributed by atoms with Crippen molar-refractivity contribution in [2.45, 2.75) is 44.9 Å². The highest BCUT2D eigenvalue weighted by molar-refractivity contribution is 5.70. The highest BCUT2D eigenvalue weighted by Crippen LogP contribution is 2.32. The number of piperidine rings is 1. The largest absolute Gasteiger partial charge is 0.481 e. The molecule has 0 bridgehead atoms. The highest BCUT2D eigenvalue weighted by atomic mass is 16.4. The van der Waals surface area contributed by atoms with E-state index in [1.165, 1.54) is 11.1 Å². The van der Waals surface area contributed by atoms with Crippen molar-refractivity contribution in [2.24, 2.45) is 5.92 Å². The van der Waals surface area contributed by atoms with Gasteiger partial charge in [-0.05, 0) is 42.7 Å². The zero-order valence-corrected chi connectivity index (χ0v) is 14.4. The van der Waals surface area contributed by atoms with E-state index in [0.717, 1.165) is 32.4 Å². The lowest BCUT2D eigenvalue weighted by molar-refractivity contribution is -0.152. The molecule has 3 rings (SSSR count). The fourth-order valence-electron chi connectivity index (χ4n) is 3.97. The summed E-state index contributed by atoms with van der Waals surface area (Å²) in [6, 6.07) is 8.49. The zero-order chi connectivity index (χ0) is 17.1. The number of carboxylic acid groups (broad SMARTS) is 1. The van der Waals surface area contributed by atoms with E-state index in [1.54, 1.807) is 0 Å². The molecule has 1 aromatic carbocycles. The van der Waals surface area contributed by atoms with Crippen molar-refractivity contribution in [1.82, 2.24) is 9.80 Å². The second-order valence-electron chi connectivity index (χ2n) is 7.11. The van der Waals surface area contributed by atoms with E-state index in [2.05, 4.69) is 36.1 Å². The van der Waals surface area contributed by atoms with Crippen molar-refractivity contribution in [2.75, 3.05) is 26.2 Å². The van der Waals surface area contributed by atoms with E-state index in [9.17, 15) is 15.0 Å². The quantitative estimate of drug-likeness (QED) is 0.865. The first kappa shape index (κ1) is 17.4. The van der Waals surface area contributed by atoms with Gasteiger partial charge in [-0.15, -0.1) is 0 Å². The Morgan fingerprint density at radius 1 is 1.17 bits per heavy atom.